The number of esters is 1. The fourth-order valence-electron chi connectivity index (χ4n) is 2.83. The minimum absolute atomic E-state index is 0.0673. The van der Waals surface area contributed by atoms with Crippen LogP contribution in [-0.2, 0) is 4.74 Å². The van der Waals surface area contributed by atoms with E-state index in [2.05, 4.69) is 10.1 Å². The number of rotatable bonds is 4. The molecule has 2 heterocycles. The molecule has 0 aliphatic heterocycles. The molecule has 0 aliphatic carbocycles. The highest BCUT2D eigenvalue weighted by Crippen LogP contribution is 2.31. The van der Waals surface area contributed by atoms with Gasteiger partial charge in [0.25, 0.3) is 0 Å². The number of carbonyl (C=O) groups excluding carboxylic acids is 1. The van der Waals surface area contributed by atoms with Gasteiger partial charge in [0.05, 0.1) is 11.4 Å². The molecule has 0 fully saturated rings. The molecule has 4 aromatic rings. The van der Waals surface area contributed by atoms with E-state index in [9.17, 15) is 9.18 Å². The highest BCUT2D eigenvalue weighted by molar-refractivity contribution is 6.33. The highest BCUT2D eigenvalue weighted by Gasteiger charge is 2.18. The van der Waals surface area contributed by atoms with E-state index in [0.29, 0.717) is 33.2 Å². The lowest BCUT2D eigenvalue weighted by atomic mass is 10.1. The molecule has 0 atom stereocenters. The van der Waals surface area contributed by atoms with E-state index in [-0.39, 0.29) is 17.6 Å². The molecule has 5 nitrogen and oxygen atoms in total. The van der Waals surface area contributed by atoms with Gasteiger partial charge in [0, 0.05) is 22.2 Å². The second-order valence-electron chi connectivity index (χ2n) is 5.85. The molecule has 8 heteroatoms. The lowest BCUT2D eigenvalue weighted by molar-refractivity contribution is 0.0567. The van der Waals surface area contributed by atoms with Gasteiger partial charge in [-0.3, -0.25) is 0 Å². The van der Waals surface area contributed by atoms with Gasteiger partial charge in [-0.15, -0.1) is 0 Å². The molecule has 0 N–H and O–H groups in total. The number of benzene rings is 2. The normalized spacial score (nSPS) is 11.0. The van der Waals surface area contributed by atoms with Gasteiger partial charge < -0.3 is 4.74 Å². The second-order valence-corrected chi connectivity index (χ2v) is 6.48. The van der Waals surface area contributed by atoms with Crippen LogP contribution in [0.25, 0.3) is 28.2 Å². The van der Waals surface area contributed by atoms with Crippen LogP contribution in [0.2, 0.25) is 5.02 Å². The van der Waals surface area contributed by atoms with Crippen molar-refractivity contribution in [1.82, 2.24) is 14.6 Å². The van der Waals surface area contributed by atoms with Crippen molar-refractivity contribution in [3.8, 4) is 22.5 Å². The molecule has 0 aliphatic rings. The molecule has 0 radical (unpaired) electrons. The van der Waals surface area contributed by atoms with Crippen molar-refractivity contribution in [2.45, 2.75) is 0 Å². The maximum Gasteiger partial charge on any atom is 0.360 e. The first-order valence-electron chi connectivity index (χ1n) is 8.21. The third-order valence-electron chi connectivity index (χ3n) is 4.11. The van der Waals surface area contributed by atoms with Gasteiger partial charge in [0.15, 0.2) is 17.4 Å². The topological polar surface area (TPSA) is 56.5 Å². The summed E-state index contributed by atoms with van der Waals surface area (Å²) in [5.74, 6) is -0.999. The van der Waals surface area contributed by atoms with Crippen molar-refractivity contribution >= 4 is 34.8 Å². The van der Waals surface area contributed by atoms with Crippen molar-refractivity contribution in [1.29, 1.82) is 0 Å². The number of ether oxygens (including phenoxy) is 1. The lowest BCUT2D eigenvalue weighted by Crippen LogP contribution is -2.05. The SMILES string of the molecule is O=C(OCCl)c1cc2nc(-c3ccc(F)cc3)cc(-c3ccccc3Cl)n2n1. The van der Waals surface area contributed by atoms with Crippen molar-refractivity contribution in [3.05, 3.63) is 77.2 Å². The van der Waals surface area contributed by atoms with Crippen LogP contribution in [0.3, 0.4) is 0 Å². The number of nitrogens with zero attached hydrogens (tertiary/aromatic N) is 3. The Morgan fingerprint density at radius 3 is 2.57 bits per heavy atom. The molecule has 0 spiro atoms. The summed E-state index contributed by atoms with van der Waals surface area (Å²) in [6, 6.07) is 16.2. The van der Waals surface area contributed by atoms with Gasteiger partial charge >= 0.3 is 5.97 Å². The zero-order valence-electron chi connectivity index (χ0n) is 14.3. The van der Waals surface area contributed by atoms with Gasteiger partial charge in [-0.1, -0.05) is 41.4 Å². The zero-order valence-corrected chi connectivity index (χ0v) is 15.8. The maximum absolute atomic E-state index is 13.3. The Kier molecular flexibility index (Phi) is 4.98. The second kappa shape index (κ2) is 7.58. The lowest BCUT2D eigenvalue weighted by Gasteiger charge is -2.10. The number of carbonyl (C=O) groups is 1. The summed E-state index contributed by atoms with van der Waals surface area (Å²) in [4.78, 5) is 16.6. The summed E-state index contributed by atoms with van der Waals surface area (Å²) in [5.41, 5.74) is 3.11. The minimum Gasteiger partial charge on any atom is -0.445 e. The quantitative estimate of drug-likeness (QED) is 0.339. The molecule has 28 heavy (non-hydrogen) atoms. The predicted molar refractivity (Wildman–Crippen MR) is 105 cm³/mol. The van der Waals surface area contributed by atoms with Gasteiger partial charge in [0.2, 0.25) is 0 Å². The van der Waals surface area contributed by atoms with Gasteiger partial charge in [-0.25, -0.2) is 18.7 Å². The number of halogens is 3. The number of hydrogen-bond donors (Lipinski definition) is 0. The van der Waals surface area contributed by atoms with Crippen molar-refractivity contribution in [2.75, 3.05) is 6.07 Å². The molecule has 0 saturated heterocycles. The molecule has 2 aromatic heterocycles. The molecule has 0 unspecified atom stereocenters. The summed E-state index contributed by atoms with van der Waals surface area (Å²) in [6.45, 7) is 0. The first kappa shape index (κ1) is 18.4. The number of hydrogen-bond acceptors (Lipinski definition) is 4. The smallest absolute Gasteiger partial charge is 0.360 e. The molecular formula is C20H12Cl2FN3O2. The Balaban J connectivity index is 1.96. The predicted octanol–water partition coefficient (Wildman–Crippen LogP) is 5.21. The van der Waals surface area contributed by atoms with E-state index in [1.54, 1.807) is 24.3 Å². The zero-order chi connectivity index (χ0) is 19.7. The Bertz CT molecular complexity index is 1180. The van der Waals surface area contributed by atoms with E-state index in [1.165, 1.54) is 22.7 Å². The standard InChI is InChI=1S/C20H12Cl2FN3O2/c21-11-28-20(27)17-10-19-24-16(12-5-7-13(23)8-6-12)9-18(26(19)25-17)14-3-1-2-4-15(14)22/h1-10H,11H2. The van der Waals surface area contributed by atoms with Crippen LogP contribution < -0.4 is 0 Å². The molecule has 0 bridgehead atoms. The van der Waals surface area contributed by atoms with E-state index in [4.69, 9.17) is 27.9 Å². The third-order valence-corrected chi connectivity index (χ3v) is 4.55. The largest absolute Gasteiger partial charge is 0.445 e. The number of alkyl halides is 1. The van der Waals surface area contributed by atoms with Crippen molar-refractivity contribution in [3.63, 3.8) is 0 Å². The summed E-state index contributed by atoms with van der Waals surface area (Å²) >= 11 is 11.8. The van der Waals surface area contributed by atoms with Crippen molar-refractivity contribution < 1.29 is 13.9 Å². The Morgan fingerprint density at radius 2 is 1.86 bits per heavy atom. The van der Waals surface area contributed by atoms with Crippen LogP contribution in [0, 0.1) is 5.82 Å². The first-order chi connectivity index (χ1) is 13.6. The number of fused-ring (bicyclic) bond motifs is 1. The van der Waals surface area contributed by atoms with Gasteiger partial charge in [-0.2, -0.15) is 5.10 Å². The summed E-state index contributed by atoms with van der Waals surface area (Å²) < 4.78 is 19.6. The molecular weight excluding hydrogens is 404 g/mol. The van der Waals surface area contributed by atoms with E-state index in [0.717, 1.165) is 0 Å². The molecule has 140 valence electrons. The molecule has 2 aromatic carbocycles. The minimum atomic E-state index is -0.658. The first-order valence-corrected chi connectivity index (χ1v) is 9.13. The summed E-state index contributed by atoms with van der Waals surface area (Å²) in [5, 5.41) is 4.81. The highest BCUT2D eigenvalue weighted by atomic mass is 35.5. The van der Waals surface area contributed by atoms with Crippen LogP contribution in [0.1, 0.15) is 10.5 Å². The van der Waals surface area contributed by atoms with Gasteiger partial charge in [-0.05, 0) is 36.4 Å². The summed E-state index contributed by atoms with van der Waals surface area (Å²) in [7, 11) is 0. The van der Waals surface area contributed by atoms with Gasteiger partial charge in [0.1, 0.15) is 5.82 Å². The molecule has 0 amide bonds. The van der Waals surface area contributed by atoms with E-state index < -0.39 is 5.97 Å². The fourth-order valence-corrected chi connectivity index (χ4v) is 3.16. The van der Waals surface area contributed by atoms with Crippen LogP contribution in [0.15, 0.2) is 60.7 Å². The average molecular weight is 416 g/mol. The maximum atomic E-state index is 13.3. The number of aromatic nitrogens is 3. The van der Waals surface area contributed by atoms with Crippen LogP contribution in [0.5, 0.6) is 0 Å². The van der Waals surface area contributed by atoms with Crippen molar-refractivity contribution in [2.24, 2.45) is 0 Å². The Morgan fingerprint density at radius 1 is 1.11 bits per heavy atom. The molecule has 4 rings (SSSR count). The van der Waals surface area contributed by atoms with E-state index >= 15 is 0 Å². The fraction of sp³-hybridized carbons (Fsp3) is 0.0500. The van der Waals surface area contributed by atoms with Crippen LogP contribution in [-0.4, -0.2) is 26.6 Å². The summed E-state index contributed by atoms with van der Waals surface area (Å²) in [6.07, 6.45) is 0. The Hall–Kier alpha value is -2.96. The average Bonchev–Trinajstić information content (AvgIpc) is 3.13. The van der Waals surface area contributed by atoms with Crippen LogP contribution in [0.4, 0.5) is 4.39 Å². The van der Waals surface area contributed by atoms with Crippen LogP contribution >= 0.6 is 23.2 Å². The third kappa shape index (κ3) is 3.44. The monoisotopic (exact) mass is 415 g/mol. The molecule has 0 saturated carbocycles. The van der Waals surface area contributed by atoms with E-state index in [1.807, 2.05) is 18.2 Å². The Labute approximate surface area is 169 Å².